The van der Waals surface area contributed by atoms with Gasteiger partial charge in [-0.3, -0.25) is 0 Å². The van der Waals surface area contributed by atoms with Crippen LogP contribution in [0.2, 0.25) is 0 Å². The summed E-state index contributed by atoms with van der Waals surface area (Å²) < 4.78 is 31.2. The number of hydrogen-bond acceptors (Lipinski definition) is 5. The van der Waals surface area contributed by atoms with Gasteiger partial charge in [0.05, 0.1) is 6.10 Å². The highest BCUT2D eigenvalue weighted by Crippen LogP contribution is 1.94. The highest BCUT2D eigenvalue weighted by atomic mass is 32.2. The van der Waals surface area contributed by atoms with E-state index in [4.69, 9.17) is 0 Å². The Morgan fingerprint density at radius 3 is 2.47 bits per heavy atom. The van der Waals surface area contributed by atoms with Crippen LogP contribution in [0.25, 0.3) is 0 Å². The van der Waals surface area contributed by atoms with Crippen LogP contribution < -0.4 is 14.8 Å². The van der Waals surface area contributed by atoms with Crippen LogP contribution >= 0.6 is 0 Å². The quantitative estimate of drug-likeness (QED) is 0.578. The van der Waals surface area contributed by atoms with Crippen molar-refractivity contribution in [3.05, 3.63) is 0 Å². The lowest BCUT2D eigenvalue weighted by Gasteiger charge is -2.27. The summed E-state index contributed by atoms with van der Waals surface area (Å²) in [6, 6.07) is -0.158. The Morgan fingerprint density at radius 2 is 2.07 bits per heavy atom. The molecule has 15 heavy (non-hydrogen) atoms. The molecule has 1 saturated heterocycles. The summed E-state index contributed by atoms with van der Waals surface area (Å²) in [4.78, 5) is 11.0. The van der Waals surface area contributed by atoms with Crippen LogP contribution in [-0.4, -0.2) is 39.7 Å². The van der Waals surface area contributed by atoms with Crippen LogP contribution in [0.4, 0.5) is 4.79 Å². The maximum absolute atomic E-state index is 11.3. The molecule has 1 aliphatic rings. The van der Waals surface area contributed by atoms with E-state index in [9.17, 15) is 13.2 Å². The molecule has 0 aromatic rings. The second-order valence-electron chi connectivity index (χ2n) is 3.53. The van der Waals surface area contributed by atoms with Crippen molar-refractivity contribution in [1.29, 1.82) is 0 Å². The average molecular weight is 237 g/mol. The predicted octanol–water partition coefficient (Wildman–Crippen LogP) is -1.07. The van der Waals surface area contributed by atoms with Gasteiger partial charge in [0.25, 0.3) is 0 Å². The number of ether oxygens (including phenoxy) is 1. The van der Waals surface area contributed by atoms with E-state index in [0.29, 0.717) is 13.1 Å². The molecule has 0 spiro atoms. The lowest BCUT2D eigenvalue weighted by atomic mass is 10.2. The SMILES string of the molecule is CC(C)OC(=O)NS(=O)(=O)NC1CNC1. The van der Waals surface area contributed by atoms with E-state index in [-0.39, 0.29) is 12.1 Å². The lowest BCUT2D eigenvalue weighted by molar-refractivity contribution is 0.121. The lowest BCUT2D eigenvalue weighted by Crippen LogP contribution is -2.59. The van der Waals surface area contributed by atoms with Crippen LogP contribution in [0.1, 0.15) is 13.8 Å². The molecule has 0 aromatic carbocycles. The van der Waals surface area contributed by atoms with Gasteiger partial charge in [0, 0.05) is 19.1 Å². The number of rotatable bonds is 4. The zero-order chi connectivity index (χ0) is 11.5. The molecular weight excluding hydrogens is 222 g/mol. The Hall–Kier alpha value is -0.860. The summed E-state index contributed by atoms with van der Waals surface area (Å²) in [5.74, 6) is 0. The standard InChI is InChI=1S/C7H15N3O4S/c1-5(2)14-7(11)10-15(12,13)9-6-3-8-4-6/h5-6,8-9H,3-4H2,1-2H3,(H,10,11). The van der Waals surface area contributed by atoms with Crippen LogP contribution in [0, 0.1) is 0 Å². The van der Waals surface area contributed by atoms with Gasteiger partial charge in [-0.2, -0.15) is 13.1 Å². The third kappa shape index (κ3) is 4.45. The molecule has 1 amide bonds. The van der Waals surface area contributed by atoms with Gasteiger partial charge in [-0.1, -0.05) is 0 Å². The second-order valence-corrected chi connectivity index (χ2v) is 4.98. The average Bonchev–Trinajstić information content (AvgIpc) is 1.94. The fourth-order valence-corrected chi connectivity index (χ4v) is 1.90. The fraction of sp³-hybridized carbons (Fsp3) is 0.857. The summed E-state index contributed by atoms with van der Waals surface area (Å²) >= 11 is 0. The molecule has 8 heteroatoms. The maximum Gasteiger partial charge on any atom is 0.422 e. The third-order valence-electron chi connectivity index (χ3n) is 1.66. The van der Waals surface area contributed by atoms with Crippen LogP contribution in [0.5, 0.6) is 0 Å². The van der Waals surface area contributed by atoms with Gasteiger partial charge in [-0.05, 0) is 13.8 Å². The zero-order valence-corrected chi connectivity index (χ0v) is 9.43. The molecule has 7 nitrogen and oxygen atoms in total. The van der Waals surface area contributed by atoms with E-state index < -0.39 is 16.3 Å². The van der Waals surface area contributed by atoms with Gasteiger partial charge in [0.2, 0.25) is 0 Å². The van der Waals surface area contributed by atoms with E-state index in [2.05, 4.69) is 14.8 Å². The molecule has 0 aliphatic carbocycles. The monoisotopic (exact) mass is 237 g/mol. The van der Waals surface area contributed by atoms with E-state index in [0.717, 1.165) is 0 Å². The minimum atomic E-state index is -3.80. The van der Waals surface area contributed by atoms with Gasteiger partial charge < -0.3 is 10.1 Å². The van der Waals surface area contributed by atoms with Crippen molar-refractivity contribution >= 4 is 16.3 Å². The Morgan fingerprint density at radius 1 is 1.47 bits per heavy atom. The third-order valence-corrected chi connectivity index (χ3v) is 2.74. The Labute approximate surface area is 88.7 Å². The summed E-state index contributed by atoms with van der Waals surface area (Å²) in [5.41, 5.74) is 0. The van der Waals surface area contributed by atoms with Crippen molar-refractivity contribution in [1.82, 2.24) is 14.8 Å². The normalized spacial score (nSPS) is 17.3. The highest BCUT2D eigenvalue weighted by Gasteiger charge is 2.24. The zero-order valence-electron chi connectivity index (χ0n) is 8.61. The highest BCUT2D eigenvalue weighted by molar-refractivity contribution is 7.88. The number of nitrogens with one attached hydrogen (secondary N) is 3. The first-order valence-corrected chi connectivity index (χ1v) is 6.09. The summed E-state index contributed by atoms with van der Waals surface area (Å²) in [6.07, 6.45) is -1.32. The number of hydrogen-bond donors (Lipinski definition) is 3. The van der Waals surface area contributed by atoms with Crippen LogP contribution in [0.15, 0.2) is 0 Å². The molecule has 3 N–H and O–H groups in total. The van der Waals surface area contributed by atoms with Crippen molar-refractivity contribution < 1.29 is 17.9 Å². The molecule has 0 unspecified atom stereocenters. The fourth-order valence-electron chi connectivity index (χ4n) is 0.969. The molecule has 0 atom stereocenters. The minimum absolute atomic E-state index is 0.158. The van der Waals surface area contributed by atoms with Crippen molar-refractivity contribution in [3.8, 4) is 0 Å². The first-order valence-electron chi connectivity index (χ1n) is 4.60. The Kier molecular flexibility index (Phi) is 3.89. The molecule has 0 bridgehead atoms. The van der Waals surface area contributed by atoms with Gasteiger partial charge in [-0.15, -0.1) is 0 Å². The molecule has 0 aromatic heterocycles. The van der Waals surface area contributed by atoms with Crippen molar-refractivity contribution in [2.75, 3.05) is 13.1 Å². The molecule has 88 valence electrons. The molecule has 0 saturated carbocycles. The maximum atomic E-state index is 11.3. The number of carbonyl (C=O) groups excluding carboxylic acids is 1. The molecule has 1 rings (SSSR count). The smallest absolute Gasteiger partial charge is 0.422 e. The van der Waals surface area contributed by atoms with E-state index >= 15 is 0 Å². The van der Waals surface area contributed by atoms with Gasteiger partial charge in [0.15, 0.2) is 0 Å². The first-order chi connectivity index (χ1) is 6.89. The van der Waals surface area contributed by atoms with Gasteiger partial charge in [-0.25, -0.2) is 9.52 Å². The minimum Gasteiger partial charge on any atom is -0.446 e. The number of carbonyl (C=O) groups is 1. The van der Waals surface area contributed by atoms with Crippen LogP contribution in [-0.2, 0) is 14.9 Å². The van der Waals surface area contributed by atoms with Crippen molar-refractivity contribution in [2.45, 2.75) is 26.0 Å². The topological polar surface area (TPSA) is 96.5 Å². The van der Waals surface area contributed by atoms with Gasteiger partial charge >= 0.3 is 16.3 Å². The van der Waals surface area contributed by atoms with E-state index in [1.54, 1.807) is 18.6 Å². The van der Waals surface area contributed by atoms with Crippen molar-refractivity contribution in [3.63, 3.8) is 0 Å². The molecule has 0 radical (unpaired) electrons. The summed E-state index contributed by atoms with van der Waals surface area (Å²) in [7, 11) is -3.80. The summed E-state index contributed by atoms with van der Waals surface area (Å²) in [6.45, 7) is 4.41. The molecular formula is C7H15N3O4S. The Balaban J connectivity index is 2.37. The molecule has 1 heterocycles. The number of amides is 1. The molecule has 1 aliphatic heterocycles. The van der Waals surface area contributed by atoms with Gasteiger partial charge in [0.1, 0.15) is 0 Å². The second kappa shape index (κ2) is 4.77. The largest absolute Gasteiger partial charge is 0.446 e. The van der Waals surface area contributed by atoms with Crippen molar-refractivity contribution in [2.24, 2.45) is 0 Å². The van der Waals surface area contributed by atoms with E-state index in [1.165, 1.54) is 0 Å². The summed E-state index contributed by atoms with van der Waals surface area (Å²) in [5, 5.41) is 2.90. The first kappa shape index (κ1) is 12.2. The van der Waals surface area contributed by atoms with Crippen LogP contribution in [0.3, 0.4) is 0 Å². The Bertz CT molecular complexity index is 323. The van der Waals surface area contributed by atoms with E-state index in [1.807, 2.05) is 0 Å². The molecule has 1 fully saturated rings. The predicted molar refractivity (Wildman–Crippen MR) is 53.5 cm³/mol.